The lowest BCUT2D eigenvalue weighted by Gasteiger charge is -2.27. The number of aromatic carboxylic acids is 1. The van der Waals surface area contributed by atoms with Crippen LogP contribution in [-0.2, 0) is 13.1 Å². The number of aryl methyl sites for hydroxylation is 2. The second-order valence-corrected chi connectivity index (χ2v) is 7.99. The van der Waals surface area contributed by atoms with Gasteiger partial charge in [-0.1, -0.05) is 66.2 Å². The number of hydrogen-bond donors (Lipinski definition) is 1. The molecule has 4 nitrogen and oxygen atoms in total. The largest absolute Gasteiger partial charge is 0.545 e. The fourth-order valence-corrected chi connectivity index (χ4v) is 3.53. The lowest BCUT2D eigenvalue weighted by atomic mass is 10.1. The molecule has 0 fully saturated rings. The van der Waals surface area contributed by atoms with E-state index in [9.17, 15) is 9.90 Å². The summed E-state index contributed by atoms with van der Waals surface area (Å²) in [6.45, 7) is 5.18. The molecule has 1 N–H and O–H groups in total. The number of carboxylic acid groups (broad SMARTS) is 1. The van der Waals surface area contributed by atoms with Crippen LogP contribution in [0, 0.1) is 13.8 Å². The third kappa shape index (κ3) is 5.59. The van der Waals surface area contributed by atoms with Gasteiger partial charge in [-0.2, -0.15) is 0 Å². The van der Waals surface area contributed by atoms with Crippen LogP contribution in [0.1, 0.15) is 32.6 Å². The van der Waals surface area contributed by atoms with Crippen molar-refractivity contribution < 1.29 is 9.90 Å². The number of hydrogen-bond acceptors (Lipinski definition) is 3. The van der Waals surface area contributed by atoms with Crippen molar-refractivity contribution in [2.24, 2.45) is 0 Å². The van der Waals surface area contributed by atoms with Gasteiger partial charge in [-0.05, 0) is 66.0 Å². The molecule has 0 unspecified atom stereocenters. The van der Waals surface area contributed by atoms with Crippen LogP contribution in [0.15, 0.2) is 66.7 Å². The number of rotatable bonds is 6. The number of nitrogens with zero attached hydrogens (tertiary/aromatic N) is 1. The highest BCUT2D eigenvalue weighted by Crippen LogP contribution is 2.21. The quantitative estimate of drug-likeness (QED) is 0.565. The van der Waals surface area contributed by atoms with Crippen molar-refractivity contribution in [3.63, 3.8) is 0 Å². The molecule has 0 radical (unpaired) electrons. The average Bonchev–Trinajstić information content (AvgIpc) is 2.72. The summed E-state index contributed by atoms with van der Waals surface area (Å²) in [6.07, 6.45) is 0. The fraction of sp³-hybridized carbons (Fsp3) is 0.167. The van der Waals surface area contributed by atoms with Crippen molar-refractivity contribution in [2.45, 2.75) is 26.9 Å². The molecule has 0 atom stereocenters. The lowest BCUT2D eigenvalue weighted by Crippen LogP contribution is -2.34. The third-order valence-corrected chi connectivity index (χ3v) is 5.46. The molecule has 0 spiro atoms. The summed E-state index contributed by atoms with van der Waals surface area (Å²) in [5.74, 6) is -1.19. The molecule has 0 amide bonds. The Bertz CT molecular complexity index is 1030. The molecular weight excluding hydrogens is 416 g/mol. The number of carbonyl (C=O) groups excluding carboxylic acids is 1. The van der Waals surface area contributed by atoms with Crippen molar-refractivity contribution in [2.75, 3.05) is 5.32 Å². The second-order valence-electron chi connectivity index (χ2n) is 7.16. The van der Waals surface area contributed by atoms with Crippen molar-refractivity contribution in [1.29, 1.82) is 0 Å². The Morgan fingerprint density at radius 1 is 0.933 bits per heavy atom. The van der Waals surface area contributed by atoms with Crippen molar-refractivity contribution >= 4 is 40.6 Å². The predicted molar refractivity (Wildman–Crippen MR) is 124 cm³/mol. The normalized spacial score (nSPS) is 10.5. The Balaban J connectivity index is 1.85. The van der Waals surface area contributed by atoms with Crippen LogP contribution in [0.25, 0.3) is 0 Å². The van der Waals surface area contributed by atoms with E-state index in [-0.39, 0.29) is 5.56 Å². The van der Waals surface area contributed by atoms with Crippen LogP contribution in [-0.4, -0.2) is 16.0 Å². The van der Waals surface area contributed by atoms with Crippen LogP contribution in [0.2, 0.25) is 5.02 Å². The van der Waals surface area contributed by atoms with Crippen molar-refractivity contribution in [3.8, 4) is 0 Å². The summed E-state index contributed by atoms with van der Waals surface area (Å²) in [6, 6.07) is 20.4. The standard InChI is InChI=1S/C24H23ClN2O2S/c1-16-4-3-5-17(2)22(16)26-24(30)27(15-19-8-12-21(25)13-9-19)14-18-6-10-20(11-7-18)23(28)29/h3-13H,14-15H2,1-2H3,(H,26,30)(H,28,29)/p-1. The van der Waals surface area contributed by atoms with E-state index in [0.29, 0.717) is 23.2 Å². The minimum atomic E-state index is -1.19. The highest BCUT2D eigenvalue weighted by molar-refractivity contribution is 7.80. The summed E-state index contributed by atoms with van der Waals surface area (Å²) in [5, 5.41) is 15.7. The first-order valence-electron chi connectivity index (χ1n) is 9.50. The molecule has 0 saturated heterocycles. The zero-order valence-electron chi connectivity index (χ0n) is 16.8. The van der Waals surface area contributed by atoms with E-state index in [1.807, 2.05) is 61.2 Å². The van der Waals surface area contributed by atoms with Crippen LogP contribution < -0.4 is 10.4 Å². The zero-order chi connectivity index (χ0) is 21.7. The highest BCUT2D eigenvalue weighted by atomic mass is 35.5. The minimum Gasteiger partial charge on any atom is -0.545 e. The maximum absolute atomic E-state index is 11.0. The van der Waals surface area contributed by atoms with Crippen molar-refractivity contribution in [3.05, 3.63) is 99.6 Å². The van der Waals surface area contributed by atoms with E-state index in [1.54, 1.807) is 24.3 Å². The van der Waals surface area contributed by atoms with Gasteiger partial charge in [0.2, 0.25) is 0 Å². The first-order chi connectivity index (χ1) is 14.3. The monoisotopic (exact) mass is 437 g/mol. The third-order valence-electron chi connectivity index (χ3n) is 4.85. The first kappa shape index (κ1) is 21.8. The molecule has 6 heteroatoms. The molecule has 0 aliphatic carbocycles. The number of anilines is 1. The predicted octanol–water partition coefficient (Wildman–Crippen LogP) is 4.72. The van der Waals surface area contributed by atoms with Gasteiger partial charge in [-0.3, -0.25) is 0 Å². The summed E-state index contributed by atoms with van der Waals surface area (Å²) in [4.78, 5) is 13.1. The molecule has 3 aromatic rings. The van der Waals surface area contributed by atoms with Gasteiger partial charge < -0.3 is 20.1 Å². The van der Waals surface area contributed by atoms with E-state index >= 15 is 0 Å². The molecule has 154 valence electrons. The number of carbonyl (C=O) groups is 1. The molecule has 0 aromatic heterocycles. The maximum Gasteiger partial charge on any atom is 0.174 e. The Morgan fingerprint density at radius 3 is 1.93 bits per heavy atom. The number of benzene rings is 3. The second kappa shape index (κ2) is 9.74. The van der Waals surface area contributed by atoms with Crippen molar-refractivity contribution in [1.82, 2.24) is 4.90 Å². The Hall–Kier alpha value is -2.89. The first-order valence-corrected chi connectivity index (χ1v) is 10.3. The van der Waals surface area contributed by atoms with Gasteiger partial charge in [0.05, 0.1) is 5.97 Å². The van der Waals surface area contributed by atoms with E-state index in [4.69, 9.17) is 23.8 Å². The van der Waals surface area contributed by atoms with Gasteiger partial charge in [0, 0.05) is 23.8 Å². The number of nitrogens with one attached hydrogen (secondary N) is 1. The number of carboxylic acids is 1. The molecular formula is C24H22ClN2O2S-. The number of halogens is 1. The molecule has 0 saturated carbocycles. The summed E-state index contributed by atoms with van der Waals surface area (Å²) < 4.78 is 0. The molecule has 0 heterocycles. The summed E-state index contributed by atoms with van der Waals surface area (Å²) in [5.41, 5.74) is 5.38. The Kier molecular flexibility index (Phi) is 7.08. The summed E-state index contributed by atoms with van der Waals surface area (Å²) >= 11 is 11.8. The molecule has 0 aliphatic rings. The number of thiocarbonyl (C=S) groups is 1. The Labute approximate surface area is 187 Å². The average molecular weight is 438 g/mol. The van der Waals surface area contributed by atoms with Gasteiger partial charge in [0.1, 0.15) is 0 Å². The van der Waals surface area contributed by atoms with Gasteiger partial charge in [-0.15, -0.1) is 0 Å². The van der Waals surface area contributed by atoms with Gasteiger partial charge in [0.15, 0.2) is 5.11 Å². The molecule has 0 bridgehead atoms. The number of para-hydroxylation sites is 1. The Morgan fingerprint density at radius 2 is 1.43 bits per heavy atom. The molecule has 3 aromatic carbocycles. The van der Waals surface area contributed by atoms with Crippen LogP contribution in [0.3, 0.4) is 0 Å². The molecule has 30 heavy (non-hydrogen) atoms. The molecule has 0 aliphatic heterocycles. The van der Waals surface area contributed by atoms with E-state index in [1.165, 1.54) is 0 Å². The van der Waals surface area contributed by atoms with Crippen LogP contribution in [0.5, 0.6) is 0 Å². The maximum atomic E-state index is 11.0. The topological polar surface area (TPSA) is 55.4 Å². The van der Waals surface area contributed by atoms with E-state index in [0.717, 1.165) is 27.9 Å². The highest BCUT2D eigenvalue weighted by Gasteiger charge is 2.14. The van der Waals surface area contributed by atoms with Crippen LogP contribution in [0.4, 0.5) is 5.69 Å². The van der Waals surface area contributed by atoms with Gasteiger partial charge >= 0.3 is 0 Å². The molecule has 3 rings (SSSR count). The SMILES string of the molecule is Cc1cccc(C)c1NC(=S)N(Cc1ccc(Cl)cc1)Cc1ccc(C(=O)[O-])cc1. The van der Waals surface area contributed by atoms with E-state index in [2.05, 4.69) is 5.32 Å². The minimum absolute atomic E-state index is 0.152. The summed E-state index contributed by atoms with van der Waals surface area (Å²) in [7, 11) is 0. The smallest absolute Gasteiger partial charge is 0.174 e. The zero-order valence-corrected chi connectivity index (χ0v) is 18.4. The fourth-order valence-electron chi connectivity index (χ4n) is 3.17. The lowest BCUT2D eigenvalue weighted by molar-refractivity contribution is -0.255. The van der Waals surface area contributed by atoms with Gasteiger partial charge in [-0.25, -0.2) is 0 Å². The van der Waals surface area contributed by atoms with Gasteiger partial charge in [0.25, 0.3) is 0 Å². The van der Waals surface area contributed by atoms with E-state index < -0.39 is 5.97 Å². The van der Waals surface area contributed by atoms with Crippen LogP contribution >= 0.6 is 23.8 Å².